The summed E-state index contributed by atoms with van der Waals surface area (Å²) in [7, 11) is 0. The molecule has 0 aromatic heterocycles. The molecule has 2 N–H and O–H groups in total. The molecule has 0 aliphatic heterocycles. The van der Waals surface area contributed by atoms with Crippen molar-refractivity contribution in [2.75, 3.05) is 0 Å². The van der Waals surface area contributed by atoms with Gasteiger partial charge in [0.1, 0.15) is 0 Å². The molecule has 1 fully saturated rings. The summed E-state index contributed by atoms with van der Waals surface area (Å²) in [4.78, 5) is 11.4. The maximum atomic E-state index is 12.6. The Hall–Kier alpha value is -1.52. The van der Waals surface area contributed by atoms with Crippen molar-refractivity contribution in [1.29, 1.82) is 0 Å². The van der Waals surface area contributed by atoms with E-state index in [1.807, 2.05) is 6.92 Å². The molecular formula is C13H14F3NO. The van der Waals surface area contributed by atoms with Gasteiger partial charge in [-0.25, -0.2) is 0 Å². The summed E-state index contributed by atoms with van der Waals surface area (Å²) in [6.07, 6.45) is -3.25. The van der Waals surface area contributed by atoms with Crippen molar-refractivity contribution in [1.82, 2.24) is 0 Å². The van der Waals surface area contributed by atoms with Crippen LogP contribution in [0.2, 0.25) is 0 Å². The fourth-order valence-corrected chi connectivity index (χ4v) is 2.51. The number of hydrogen-bond acceptors (Lipinski definition) is 1. The SMILES string of the molecule is CCC1(C(N)=O)CC1c1cccc(C(F)(F)F)c1. The second-order valence-electron chi connectivity index (χ2n) is 4.75. The van der Waals surface area contributed by atoms with Gasteiger partial charge in [-0.05, 0) is 30.4 Å². The highest BCUT2D eigenvalue weighted by molar-refractivity contribution is 5.85. The molecule has 1 aromatic rings. The normalized spacial score (nSPS) is 27.0. The second kappa shape index (κ2) is 4.00. The Labute approximate surface area is 103 Å². The number of nitrogens with two attached hydrogens (primary N) is 1. The number of amides is 1. The van der Waals surface area contributed by atoms with E-state index in [0.717, 1.165) is 12.1 Å². The first-order valence-corrected chi connectivity index (χ1v) is 5.78. The molecule has 2 nitrogen and oxygen atoms in total. The van der Waals surface area contributed by atoms with Crippen molar-refractivity contribution in [3.8, 4) is 0 Å². The first kappa shape index (κ1) is 12.9. The third-order valence-corrected chi connectivity index (χ3v) is 3.81. The quantitative estimate of drug-likeness (QED) is 0.888. The standard InChI is InChI=1S/C13H14F3NO/c1-2-12(11(17)18)7-10(12)8-4-3-5-9(6-8)13(14,15)16/h3-6,10H,2,7H2,1H3,(H2,17,18). The number of hydrogen-bond donors (Lipinski definition) is 1. The summed E-state index contributed by atoms with van der Waals surface area (Å²) in [5, 5.41) is 0. The van der Waals surface area contributed by atoms with Crippen LogP contribution in [0.15, 0.2) is 24.3 Å². The van der Waals surface area contributed by atoms with E-state index in [9.17, 15) is 18.0 Å². The summed E-state index contributed by atoms with van der Waals surface area (Å²) in [5.41, 5.74) is 4.55. The Bertz CT molecular complexity index is 483. The maximum absolute atomic E-state index is 12.6. The molecule has 5 heteroatoms. The smallest absolute Gasteiger partial charge is 0.369 e. The molecule has 0 heterocycles. The Morgan fingerprint density at radius 2 is 2.17 bits per heavy atom. The van der Waals surface area contributed by atoms with Crippen LogP contribution in [0.5, 0.6) is 0 Å². The highest BCUT2D eigenvalue weighted by Gasteiger charge is 2.58. The minimum absolute atomic E-state index is 0.178. The molecule has 2 unspecified atom stereocenters. The summed E-state index contributed by atoms with van der Waals surface area (Å²) in [6, 6.07) is 5.15. The topological polar surface area (TPSA) is 43.1 Å². The first-order chi connectivity index (χ1) is 8.31. The number of alkyl halides is 3. The number of rotatable bonds is 3. The molecule has 2 atom stereocenters. The zero-order valence-corrected chi connectivity index (χ0v) is 9.92. The van der Waals surface area contributed by atoms with Crippen molar-refractivity contribution >= 4 is 5.91 Å². The van der Waals surface area contributed by atoms with Gasteiger partial charge < -0.3 is 5.73 Å². The van der Waals surface area contributed by atoms with Crippen LogP contribution >= 0.6 is 0 Å². The van der Waals surface area contributed by atoms with Crippen molar-refractivity contribution in [2.24, 2.45) is 11.1 Å². The second-order valence-corrected chi connectivity index (χ2v) is 4.75. The molecule has 0 spiro atoms. The van der Waals surface area contributed by atoms with Crippen LogP contribution in [0.3, 0.4) is 0 Å². The van der Waals surface area contributed by atoms with Crippen molar-refractivity contribution in [3.05, 3.63) is 35.4 Å². The summed E-state index contributed by atoms with van der Waals surface area (Å²) in [5.74, 6) is -0.602. The van der Waals surface area contributed by atoms with Gasteiger partial charge in [0, 0.05) is 0 Å². The zero-order valence-electron chi connectivity index (χ0n) is 9.92. The Balaban J connectivity index is 2.30. The van der Waals surface area contributed by atoms with Crippen molar-refractivity contribution in [2.45, 2.75) is 31.9 Å². The highest BCUT2D eigenvalue weighted by atomic mass is 19.4. The molecule has 2 rings (SSSR count). The lowest BCUT2D eigenvalue weighted by atomic mass is 9.95. The zero-order chi connectivity index (χ0) is 13.6. The number of benzene rings is 1. The van der Waals surface area contributed by atoms with Gasteiger partial charge in [-0.2, -0.15) is 13.2 Å². The fourth-order valence-electron chi connectivity index (χ4n) is 2.51. The lowest BCUT2D eigenvalue weighted by Crippen LogP contribution is -2.25. The van der Waals surface area contributed by atoms with Gasteiger partial charge in [0.15, 0.2) is 0 Å². The molecule has 18 heavy (non-hydrogen) atoms. The molecule has 1 amide bonds. The van der Waals surface area contributed by atoms with E-state index in [-0.39, 0.29) is 5.92 Å². The van der Waals surface area contributed by atoms with E-state index >= 15 is 0 Å². The molecular weight excluding hydrogens is 243 g/mol. The van der Waals surface area contributed by atoms with Gasteiger partial charge in [0.25, 0.3) is 0 Å². The lowest BCUT2D eigenvalue weighted by molar-refractivity contribution is -0.137. The Kier molecular flexibility index (Phi) is 2.87. The van der Waals surface area contributed by atoms with Gasteiger partial charge in [-0.15, -0.1) is 0 Å². The molecule has 0 bridgehead atoms. The summed E-state index contributed by atoms with van der Waals surface area (Å²) < 4.78 is 37.8. The van der Waals surface area contributed by atoms with Gasteiger partial charge in [-0.3, -0.25) is 4.79 Å². The molecule has 1 aliphatic rings. The maximum Gasteiger partial charge on any atom is 0.416 e. The van der Waals surface area contributed by atoms with Crippen LogP contribution in [0.25, 0.3) is 0 Å². The van der Waals surface area contributed by atoms with E-state index in [4.69, 9.17) is 5.73 Å². The van der Waals surface area contributed by atoms with Crippen LogP contribution < -0.4 is 5.73 Å². The average Bonchev–Trinajstić information content (AvgIpc) is 3.04. The number of carbonyl (C=O) groups is 1. The first-order valence-electron chi connectivity index (χ1n) is 5.78. The fraction of sp³-hybridized carbons (Fsp3) is 0.462. The predicted molar refractivity (Wildman–Crippen MR) is 60.7 cm³/mol. The van der Waals surface area contributed by atoms with Crippen LogP contribution in [0, 0.1) is 5.41 Å². The third-order valence-electron chi connectivity index (χ3n) is 3.81. The monoisotopic (exact) mass is 257 g/mol. The average molecular weight is 257 g/mol. The molecule has 0 radical (unpaired) electrons. The predicted octanol–water partition coefficient (Wildman–Crippen LogP) is 3.07. The van der Waals surface area contributed by atoms with E-state index in [0.29, 0.717) is 18.4 Å². The molecule has 98 valence electrons. The van der Waals surface area contributed by atoms with E-state index in [1.165, 1.54) is 6.07 Å². The van der Waals surface area contributed by atoms with Crippen molar-refractivity contribution in [3.63, 3.8) is 0 Å². The van der Waals surface area contributed by atoms with Crippen LogP contribution in [-0.2, 0) is 11.0 Å². The van der Waals surface area contributed by atoms with E-state index < -0.39 is 23.1 Å². The van der Waals surface area contributed by atoms with Crippen LogP contribution in [-0.4, -0.2) is 5.91 Å². The minimum Gasteiger partial charge on any atom is -0.369 e. The third kappa shape index (κ3) is 1.98. The van der Waals surface area contributed by atoms with Gasteiger partial charge in [0.05, 0.1) is 11.0 Å². The summed E-state index contributed by atoms with van der Waals surface area (Å²) >= 11 is 0. The molecule has 1 aliphatic carbocycles. The number of primary amides is 1. The van der Waals surface area contributed by atoms with E-state index in [1.54, 1.807) is 6.07 Å². The number of carbonyl (C=O) groups excluding carboxylic acids is 1. The number of halogens is 3. The summed E-state index contributed by atoms with van der Waals surface area (Å²) in [6.45, 7) is 1.83. The molecule has 1 saturated carbocycles. The van der Waals surface area contributed by atoms with Crippen molar-refractivity contribution < 1.29 is 18.0 Å². The minimum atomic E-state index is -4.35. The molecule has 0 saturated heterocycles. The van der Waals surface area contributed by atoms with Gasteiger partial charge in [-0.1, -0.05) is 25.1 Å². The highest BCUT2D eigenvalue weighted by Crippen LogP contribution is 2.61. The van der Waals surface area contributed by atoms with Gasteiger partial charge >= 0.3 is 6.18 Å². The van der Waals surface area contributed by atoms with E-state index in [2.05, 4.69) is 0 Å². The Morgan fingerprint density at radius 3 is 2.61 bits per heavy atom. The van der Waals surface area contributed by atoms with Crippen LogP contribution in [0.4, 0.5) is 13.2 Å². The van der Waals surface area contributed by atoms with Gasteiger partial charge in [0.2, 0.25) is 5.91 Å². The molecule has 1 aromatic carbocycles. The van der Waals surface area contributed by atoms with Crippen LogP contribution in [0.1, 0.15) is 36.8 Å². The lowest BCUT2D eigenvalue weighted by Gasteiger charge is -2.12. The Morgan fingerprint density at radius 1 is 1.50 bits per heavy atom. The largest absolute Gasteiger partial charge is 0.416 e.